The third-order valence-electron chi connectivity index (χ3n) is 4.34. The van der Waals surface area contributed by atoms with Crippen molar-refractivity contribution >= 4 is 52.5 Å². The van der Waals surface area contributed by atoms with Gasteiger partial charge in [-0.25, -0.2) is 0 Å². The Hall–Kier alpha value is -2.70. The van der Waals surface area contributed by atoms with Crippen LogP contribution in [-0.4, -0.2) is 24.0 Å². The van der Waals surface area contributed by atoms with Gasteiger partial charge in [-0.05, 0) is 73.1 Å². The fourth-order valence-electron chi connectivity index (χ4n) is 2.70. The summed E-state index contributed by atoms with van der Waals surface area (Å²) < 4.78 is 5.12. The van der Waals surface area contributed by atoms with Crippen molar-refractivity contribution in [3.63, 3.8) is 0 Å². The van der Waals surface area contributed by atoms with Crippen molar-refractivity contribution in [2.75, 3.05) is 12.0 Å². The second-order valence-electron chi connectivity index (χ2n) is 6.12. The summed E-state index contributed by atoms with van der Waals surface area (Å²) in [6, 6.07) is 10.6. The van der Waals surface area contributed by atoms with Crippen LogP contribution in [0.1, 0.15) is 16.7 Å². The van der Waals surface area contributed by atoms with Gasteiger partial charge >= 0.3 is 0 Å². The quantitative estimate of drug-likeness (QED) is 0.483. The highest BCUT2D eigenvalue weighted by Gasteiger charge is 2.34. The predicted octanol–water partition coefficient (Wildman–Crippen LogP) is 3.80. The first-order valence-corrected chi connectivity index (χ1v) is 8.92. The third kappa shape index (κ3) is 3.72. The monoisotopic (exact) mass is 400 g/mol. The molecule has 0 aromatic heterocycles. The van der Waals surface area contributed by atoms with Gasteiger partial charge < -0.3 is 4.74 Å². The van der Waals surface area contributed by atoms with Gasteiger partial charge in [0, 0.05) is 0 Å². The molecule has 0 atom stereocenters. The molecule has 0 bridgehead atoms. The third-order valence-corrected chi connectivity index (χ3v) is 4.92. The zero-order chi connectivity index (χ0) is 19.7. The normalized spacial score (nSPS) is 15.9. The molecule has 0 radical (unpaired) electrons. The Balaban J connectivity index is 2.01. The minimum atomic E-state index is -0.544. The number of hydrogen-bond donors (Lipinski definition) is 1. The number of anilines is 1. The first kappa shape index (κ1) is 19.1. The smallest absolute Gasteiger partial charge is 0.270 e. The van der Waals surface area contributed by atoms with Crippen molar-refractivity contribution < 1.29 is 14.3 Å². The molecule has 138 valence electrons. The van der Waals surface area contributed by atoms with E-state index >= 15 is 0 Å². The summed E-state index contributed by atoms with van der Waals surface area (Å²) >= 11 is 11.3. The van der Waals surface area contributed by atoms with E-state index in [0.29, 0.717) is 22.0 Å². The maximum atomic E-state index is 13.0. The zero-order valence-corrected chi connectivity index (χ0v) is 16.6. The van der Waals surface area contributed by atoms with Crippen molar-refractivity contribution in [2.24, 2.45) is 0 Å². The molecule has 2 aromatic rings. The topological polar surface area (TPSA) is 58.6 Å². The lowest BCUT2D eigenvalue weighted by atomic mass is 10.1. The lowest BCUT2D eigenvalue weighted by molar-refractivity contribution is -0.122. The Morgan fingerprint density at radius 2 is 1.85 bits per heavy atom. The average molecular weight is 401 g/mol. The SMILES string of the molecule is COc1ccc(C=C2C(=O)NC(=S)N(c3ccc(C)c(C)c3)C2=O)cc1Cl. The number of nitrogens with zero attached hydrogens (tertiary/aromatic N) is 1. The van der Waals surface area contributed by atoms with Crippen LogP contribution in [0.4, 0.5) is 5.69 Å². The molecule has 5 nitrogen and oxygen atoms in total. The molecule has 0 saturated carbocycles. The first-order chi connectivity index (χ1) is 12.8. The Labute approximate surface area is 167 Å². The first-order valence-electron chi connectivity index (χ1n) is 8.14. The van der Waals surface area contributed by atoms with Crippen LogP contribution < -0.4 is 15.0 Å². The van der Waals surface area contributed by atoms with Crippen molar-refractivity contribution in [2.45, 2.75) is 13.8 Å². The van der Waals surface area contributed by atoms with Gasteiger partial charge in [0.2, 0.25) is 0 Å². The van der Waals surface area contributed by atoms with E-state index in [2.05, 4.69) is 5.32 Å². The number of carbonyl (C=O) groups is 2. The van der Waals surface area contributed by atoms with Gasteiger partial charge in [0.15, 0.2) is 5.11 Å². The van der Waals surface area contributed by atoms with Crippen LogP contribution in [-0.2, 0) is 9.59 Å². The van der Waals surface area contributed by atoms with Gasteiger partial charge in [-0.2, -0.15) is 0 Å². The number of halogens is 1. The Bertz CT molecular complexity index is 1000. The van der Waals surface area contributed by atoms with Crippen LogP contribution in [0.5, 0.6) is 5.75 Å². The highest BCUT2D eigenvalue weighted by atomic mass is 35.5. The molecule has 3 rings (SSSR count). The second-order valence-corrected chi connectivity index (χ2v) is 6.91. The minimum absolute atomic E-state index is 0.0249. The molecule has 1 aliphatic rings. The van der Waals surface area contributed by atoms with Gasteiger partial charge in [-0.1, -0.05) is 23.7 Å². The number of rotatable bonds is 3. The molecule has 0 aliphatic carbocycles. The van der Waals surface area contributed by atoms with Crippen LogP contribution in [0.2, 0.25) is 5.02 Å². The lowest BCUT2D eigenvalue weighted by Gasteiger charge is -2.29. The number of nitrogens with one attached hydrogen (secondary N) is 1. The molecule has 7 heteroatoms. The maximum absolute atomic E-state index is 13.0. The van der Waals surface area contributed by atoms with E-state index < -0.39 is 11.8 Å². The van der Waals surface area contributed by atoms with E-state index in [4.69, 9.17) is 28.6 Å². The van der Waals surface area contributed by atoms with E-state index in [1.165, 1.54) is 18.1 Å². The molecule has 1 aliphatic heterocycles. The second kappa shape index (κ2) is 7.50. The fraction of sp³-hybridized carbons (Fsp3) is 0.150. The zero-order valence-electron chi connectivity index (χ0n) is 15.0. The number of amides is 2. The standard InChI is InChI=1S/C20H17ClN2O3S/c1-11-4-6-14(8-12(11)2)23-19(25)15(18(24)22-20(23)27)9-13-5-7-17(26-3)16(21)10-13/h4-10H,1-3H3,(H,22,24,27). The van der Waals surface area contributed by atoms with Gasteiger partial charge in [0.05, 0.1) is 17.8 Å². The van der Waals surface area contributed by atoms with Crippen molar-refractivity contribution in [1.29, 1.82) is 0 Å². The Morgan fingerprint density at radius 3 is 2.48 bits per heavy atom. The Kier molecular flexibility index (Phi) is 5.30. The van der Waals surface area contributed by atoms with E-state index in [0.717, 1.165) is 11.1 Å². The molecule has 1 saturated heterocycles. The van der Waals surface area contributed by atoms with Crippen molar-refractivity contribution in [1.82, 2.24) is 5.32 Å². The molecule has 2 aromatic carbocycles. The molecular weight excluding hydrogens is 384 g/mol. The number of hydrogen-bond acceptors (Lipinski definition) is 4. The van der Waals surface area contributed by atoms with Gasteiger partial charge in [0.1, 0.15) is 11.3 Å². The van der Waals surface area contributed by atoms with Gasteiger partial charge in [-0.15, -0.1) is 0 Å². The fourth-order valence-corrected chi connectivity index (χ4v) is 3.24. The van der Waals surface area contributed by atoms with Crippen LogP contribution >= 0.6 is 23.8 Å². The lowest BCUT2D eigenvalue weighted by Crippen LogP contribution is -2.54. The molecule has 0 spiro atoms. The van der Waals surface area contributed by atoms with Gasteiger partial charge in [0.25, 0.3) is 11.8 Å². The number of benzene rings is 2. The summed E-state index contributed by atoms with van der Waals surface area (Å²) in [4.78, 5) is 26.7. The number of thiocarbonyl (C=S) groups is 1. The minimum Gasteiger partial charge on any atom is -0.495 e. The molecule has 2 amide bonds. The molecular formula is C20H17ClN2O3S. The summed E-state index contributed by atoms with van der Waals surface area (Å²) in [5.41, 5.74) is 3.30. The molecule has 1 heterocycles. The highest BCUT2D eigenvalue weighted by Crippen LogP contribution is 2.28. The maximum Gasteiger partial charge on any atom is 0.270 e. The van der Waals surface area contributed by atoms with Crippen LogP contribution in [0, 0.1) is 13.8 Å². The highest BCUT2D eigenvalue weighted by molar-refractivity contribution is 7.80. The largest absolute Gasteiger partial charge is 0.495 e. The average Bonchev–Trinajstić information content (AvgIpc) is 2.61. The predicted molar refractivity (Wildman–Crippen MR) is 110 cm³/mol. The van der Waals surface area contributed by atoms with Crippen LogP contribution in [0.25, 0.3) is 6.08 Å². The molecule has 27 heavy (non-hydrogen) atoms. The van der Waals surface area contributed by atoms with Gasteiger partial charge in [-0.3, -0.25) is 19.8 Å². The van der Waals surface area contributed by atoms with E-state index in [1.54, 1.807) is 24.3 Å². The summed E-state index contributed by atoms with van der Waals surface area (Å²) in [7, 11) is 1.51. The molecule has 0 unspecified atom stereocenters. The summed E-state index contributed by atoms with van der Waals surface area (Å²) in [5, 5.41) is 3.01. The summed E-state index contributed by atoms with van der Waals surface area (Å²) in [5.74, 6) is -0.521. The number of carbonyl (C=O) groups excluding carboxylic acids is 2. The Morgan fingerprint density at radius 1 is 1.11 bits per heavy atom. The van der Waals surface area contributed by atoms with Crippen molar-refractivity contribution in [3.8, 4) is 5.75 Å². The number of methoxy groups -OCH3 is 1. The molecule has 1 N–H and O–H groups in total. The van der Waals surface area contributed by atoms with Crippen molar-refractivity contribution in [3.05, 3.63) is 63.7 Å². The summed E-state index contributed by atoms with van der Waals surface area (Å²) in [6.07, 6.45) is 1.48. The number of ether oxygens (including phenoxy) is 1. The van der Waals surface area contributed by atoms with E-state index in [-0.39, 0.29) is 10.7 Å². The molecule has 1 fully saturated rings. The van der Waals surface area contributed by atoms with Crippen LogP contribution in [0.15, 0.2) is 42.0 Å². The van der Waals surface area contributed by atoms with E-state index in [1.807, 2.05) is 26.0 Å². The van der Waals surface area contributed by atoms with Crippen LogP contribution in [0.3, 0.4) is 0 Å². The van der Waals surface area contributed by atoms with E-state index in [9.17, 15) is 9.59 Å². The number of aryl methyl sites for hydroxylation is 2. The summed E-state index contributed by atoms with van der Waals surface area (Å²) in [6.45, 7) is 3.93.